The number of para-hydroxylation sites is 1. The first-order valence-corrected chi connectivity index (χ1v) is 5.94. The van der Waals surface area contributed by atoms with Gasteiger partial charge in [-0.1, -0.05) is 17.3 Å². The van der Waals surface area contributed by atoms with Crippen LogP contribution in [0.5, 0.6) is 0 Å². The van der Waals surface area contributed by atoms with Crippen LogP contribution >= 0.6 is 23.2 Å². The number of fused-ring (bicyclic) bond motifs is 1. The number of nitrogens with zero attached hydrogens (tertiary/aromatic N) is 3. The highest BCUT2D eigenvalue weighted by Crippen LogP contribution is 2.64. The van der Waals surface area contributed by atoms with Crippen LogP contribution in [0.25, 0.3) is 11.0 Å². The summed E-state index contributed by atoms with van der Waals surface area (Å²) in [6, 6.07) is 7.27. The maximum atomic E-state index is 12.3. The Balaban J connectivity index is 2.09. The third-order valence-electron chi connectivity index (χ3n) is 3.27. The minimum Gasteiger partial charge on any atom is -0.272 e. The molecule has 0 radical (unpaired) electrons. The molecule has 0 N–H and O–H groups in total. The van der Waals surface area contributed by atoms with Crippen LogP contribution in [0.2, 0.25) is 0 Å². The van der Waals surface area contributed by atoms with E-state index in [9.17, 15) is 4.79 Å². The van der Waals surface area contributed by atoms with Crippen molar-refractivity contribution in [2.24, 2.45) is 5.41 Å². The average Bonchev–Trinajstić information content (AvgIpc) is 2.67. The van der Waals surface area contributed by atoms with Gasteiger partial charge in [0.1, 0.15) is 9.85 Å². The Morgan fingerprint density at radius 1 is 1.41 bits per heavy atom. The maximum absolute atomic E-state index is 12.3. The monoisotopic (exact) mass is 269 g/mol. The smallest absolute Gasteiger partial charge is 0.257 e. The summed E-state index contributed by atoms with van der Waals surface area (Å²) in [4.78, 5) is 12.3. The largest absolute Gasteiger partial charge is 0.272 e. The second kappa shape index (κ2) is 3.21. The van der Waals surface area contributed by atoms with Crippen molar-refractivity contribution in [2.45, 2.75) is 17.7 Å². The van der Waals surface area contributed by atoms with Crippen LogP contribution < -0.4 is 0 Å². The van der Waals surface area contributed by atoms with Gasteiger partial charge in [0.05, 0.1) is 10.9 Å². The van der Waals surface area contributed by atoms with Gasteiger partial charge in [0.15, 0.2) is 0 Å². The van der Waals surface area contributed by atoms with E-state index in [0.717, 1.165) is 0 Å². The van der Waals surface area contributed by atoms with E-state index < -0.39 is 9.75 Å². The molecule has 1 fully saturated rings. The van der Waals surface area contributed by atoms with Crippen LogP contribution in [0.3, 0.4) is 0 Å². The topological polar surface area (TPSA) is 47.8 Å². The lowest BCUT2D eigenvalue weighted by molar-refractivity contribution is 0.0810. The van der Waals surface area contributed by atoms with Crippen molar-refractivity contribution in [3.63, 3.8) is 0 Å². The lowest BCUT2D eigenvalue weighted by atomic mass is 10.1. The standard InChI is InChI=1S/C11H9Cl2N3O/c1-10(6-11(10,12)13)9(17)16-8-5-3-2-4-7(8)14-15-16/h2-5H,6H2,1H3/t10-/m1/s1. The molecule has 17 heavy (non-hydrogen) atoms. The highest BCUT2D eigenvalue weighted by atomic mass is 35.5. The first-order chi connectivity index (χ1) is 7.96. The first kappa shape index (κ1) is 11.0. The molecule has 1 aliphatic rings. The first-order valence-electron chi connectivity index (χ1n) is 5.19. The highest BCUT2D eigenvalue weighted by molar-refractivity contribution is 6.53. The molecule has 1 aromatic heterocycles. The molecule has 0 unspecified atom stereocenters. The number of alkyl halides is 2. The Kier molecular flexibility index (Phi) is 2.07. The number of halogens is 2. The van der Waals surface area contributed by atoms with E-state index in [-0.39, 0.29) is 5.91 Å². The maximum Gasteiger partial charge on any atom is 0.257 e. The van der Waals surface area contributed by atoms with Crippen LogP contribution in [0, 0.1) is 5.41 Å². The number of rotatable bonds is 1. The zero-order valence-corrected chi connectivity index (χ0v) is 10.5. The lowest BCUT2D eigenvalue weighted by Gasteiger charge is -2.10. The van der Waals surface area contributed by atoms with E-state index in [4.69, 9.17) is 23.2 Å². The van der Waals surface area contributed by atoms with E-state index in [0.29, 0.717) is 17.5 Å². The molecule has 0 aliphatic heterocycles. The highest BCUT2D eigenvalue weighted by Gasteiger charge is 2.68. The van der Waals surface area contributed by atoms with E-state index in [1.54, 1.807) is 19.1 Å². The fraction of sp³-hybridized carbons (Fsp3) is 0.364. The predicted octanol–water partition coefficient (Wildman–Crippen LogP) is 2.66. The Morgan fingerprint density at radius 2 is 2.06 bits per heavy atom. The number of carbonyl (C=O) groups is 1. The summed E-state index contributed by atoms with van der Waals surface area (Å²) in [6.07, 6.45) is 0.441. The molecule has 1 aromatic carbocycles. The van der Waals surface area contributed by atoms with Gasteiger partial charge in [-0.15, -0.1) is 28.3 Å². The predicted molar refractivity (Wildman–Crippen MR) is 65.3 cm³/mol. The molecule has 2 aromatic rings. The van der Waals surface area contributed by atoms with Crippen LogP contribution in [-0.2, 0) is 0 Å². The Morgan fingerprint density at radius 3 is 2.71 bits per heavy atom. The van der Waals surface area contributed by atoms with Crippen LogP contribution in [-0.4, -0.2) is 25.2 Å². The van der Waals surface area contributed by atoms with Crippen molar-refractivity contribution < 1.29 is 4.79 Å². The molecule has 1 atom stereocenters. The summed E-state index contributed by atoms with van der Waals surface area (Å²) >= 11 is 12.0. The summed E-state index contributed by atoms with van der Waals surface area (Å²) < 4.78 is 0.291. The second-order valence-electron chi connectivity index (χ2n) is 4.51. The zero-order valence-electron chi connectivity index (χ0n) is 9.02. The molecule has 4 nitrogen and oxygen atoms in total. The van der Waals surface area contributed by atoms with Crippen LogP contribution in [0.1, 0.15) is 18.1 Å². The molecule has 1 aliphatic carbocycles. The normalized spacial score (nSPS) is 26.1. The van der Waals surface area contributed by atoms with E-state index in [1.165, 1.54) is 4.68 Å². The third-order valence-corrected chi connectivity index (χ3v) is 4.38. The summed E-state index contributed by atoms with van der Waals surface area (Å²) in [7, 11) is 0. The number of benzene rings is 1. The van der Waals surface area contributed by atoms with Gasteiger partial charge in [-0.3, -0.25) is 4.79 Å². The quantitative estimate of drug-likeness (QED) is 0.748. The number of carbonyl (C=O) groups excluding carboxylic acids is 1. The zero-order chi connectivity index (χ0) is 12.3. The lowest BCUT2D eigenvalue weighted by Crippen LogP contribution is -2.26. The Labute approximate surface area is 107 Å². The number of hydrogen-bond acceptors (Lipinski definition) is 3. The van der Waals surface area contributed by atoms with E-state index in [2.05, 4.69) is 10.3 Å². The molecule has 0 spiro atoms. The molecule has 6 heteroatoms. The molecule has 0 amide bonds. The molecule has 1 saturated carbocycles. The molecular formula is C11H9Cl2N3O. The third kappa shape index (κ3) is 1.40. The van der Waals surface area contributed by atoms with Crippen LogP contribution in [0.4, 0.5) is 0 Å². The average molecular weight is 270 g/mol. The van der Waals surface area contributed by atoms with Crippen molar-refractivity contribution >= 4 is 40.1 Å². The summed E-state index contributed by atoms with van der Waals surface area (Å²) in [5, 5.41) is 7.80. The SMILES string of the molecule is C[C@]1(C(=O)n2nnc3ccccc32)CC1(Cl)Cl. The van der Waals surface area contributed by atoms with Gasteiger partial charge in [-0.05, 0) is 25.5 Å². The molecule has 0 saturated heterocycles. The van der Waals surface area contributed by atoms with Crippen molar-refractivity contribution in [1.82, 2.24) is 15.0 Å². The second-order valence-corrected chi connectivity index (χ2v) is 5.99. The van der Waals surface area contributed by atoms with E-state index in [1.807, 2.05) is 12.1 Å². The van der Waals surface area contributed by atoms with Gasteiger partial charge in [0.2, 0.25) is 0 Å². The van der Waals surface area contributed by atoms with Gasteiger partial charge in [-0.25, -0.2) is 0 Å². The summed E-state index contributed by atoms with van der Waals surface area (Å²) in [6.45, 7) is 1.74. The van der Waals surface area contributed by atoms with E-state index >= 15 is 0 Å². The van der Waals surface area contributed by atoms with Gasteiger partial charge in [0.25, 0.3) is 5.91 Å². The Bertz CT molecular complexity index is 622. The van der Waals surface area contributed by atoms with Crippen molar-refractivity contribution in [2.75, 3.05) is 0 Å². The Hall–Kier alpha value is -1.13. The molecule has 3 rings (SSSR count). The summed E-state index contributed by atoms with van der Waals surface area (Å²) in [5.74, 6) is -0.212. The van der Waals surface area contributed by atoms with Crippen molar-refractivity contribution in [1.29, 1.82) is 0 Å². The van der Waals surface area contributed by atoms with Crippen molar-refractivity contribution in [3.8, 4) is 0 Å². The minimum absolute atomic E-state index is 0.212. The number of hydrogen-bond donors (Lipinski definition) is 0. The van der Waals surface area contributed by atoms with Crippen molar-refractivity contribution in [3.05, 3.63) is 24.3 Å². The van der Waals surface area contributed by atoms with Crippen LogP contribution in [0.15, 0.2) is 24.3 Å². The van der Waals surface area contributed by atoms with Gasteiger partial charge in [-0.2, -0.15) is 4.68 Å². The summed E-state index contributed by atoms with van der Waals surface area (Å²) in [5.41, 5.74) is 0.585. The van der Waals surface area contributed by atoms with Gasteiger partial charge >= 0.3 is 0 Å². The molecular weight excluding hydrogens is 261 g/mol. The minimum atomic E-state index is -0.989. The van der Waals surface area contributed by atoms with Gasteiger partial charge < -0.3 is 0 Å². The molecule has 88 valence electrons. The molecule has 0 bridgehead atoms. The number of aromatic nitrogens is 3. The molecule has 1 heterocycles. The van der Waals surface area contributed by atoms with Gasteiger partial charge in [0, 0.05) is 0 Å². The fourth-order valence-electron chi connectivity index (χ4n) is 1.88. The fourth-order valence-corrected chi connectivity index (χ4v) is 2.58.